The van der Waals surface area contributed by atoms with E-state index in [-0.39, 0.29) is 12.0 Å². The van der Waals surface area contributed by atoms with Gasteiger partial charge in [-0.3, -0.25) is 4.79 Å². The summed E-state index contributed by atoms with van der Waals surface area (Å²) in [5, 5.41) is 15.0. The largest absolute Gasteiger partial charge is 0.481 e. The third-order valence-electron chi connectivity index (χ3n) is 5.23. The zero-order valence-electron chi connectivity index (χ0n) is 15.2. The van der Waals surface area contributed by atoms with E-state index in [2.05, 4.69) is 27.2 Å². The van der Waals surface area contributed by atoms with Crippen LogP contribution in [0.2, 0.25) is 0 Å². The van der Waals surface area contributed by atoms with Crippen LogP contribution in [-0.4, -0.2) is 37.1 Å². The van der Waals surface area contributed by atoms with Gasteiger partial charge in [-0.25, -0.2) is 4.98 Å². The summed E-state index contributed by atoms with van der Waals surface area (Å²) >= 11 is 0. The second-order valence-corrected chi connectivity index (χ2v) is 6.98. The number of carboxylic acids is 1. The maximum atomic E-state index is 11.3. The zero-order valence-corrected chi connectivity index (χ0v) is 15.2. The van der Waals surface area contributed by atoms with Crippen LogP contribution < -0.4 is 0 Å². The van der Waals surface area contributed by atoms with Gasteiger partial charge >= 0.3 is 5.97 Å². The van der Waals surface area contributed by atoms with Gasteiger partial charge in [-0.05, 0) is 55.6 Å². The van der Waals surface area contributed by atoms with Crippen LogP contribution in [0.4, 0.5) is 5.95 Å². The van der Waals surface area contributed by atoms with E-state index >= 15 is 0 Å². The average molecular weight is 364 g/mol. The molecule has 0 aliphatic heterocycles. The Bertz CT molecular complexity index is 968. The van der Waals surface area contributed by atoms with Gasteiger partial charge in [0, 0.05) is 35.0 Å². The lowest BCUT2D eigenvalue weighted by atomic mass is 9.86. The van der Waals surface area contributed by atoms with Crippen molar-refractivity contribution in [2.75, 3.05) is 0 Å². The highest BCUT2D eigenvalue weighted by molar-refractivity contribution is 5.93. The molecular formula is C20H22N5O2-. The number of fused-ring (bicyclic) bond motifs is 1. The molecule has 1 unspecified atom stereocenters. The minimum Gasteiger partial charge on any atom is -0.481 e. The topological polar surface area (TPSA) is 106 Å². The summed E-state index contributed by atoms with van der Waals surface area (Å²) in [7, 11) is 0. The molecule has 0 spiro atoms. The van der Waals surface area contributed by atoms with Crippen molar-refractivity contribution in [3.8, 4) is 11.3 Å². The molecule has 27 heavy (non-hydrogen) atoms. The predicted octanol–water partition coefficient (Wildman–Crippen LogP) is 4.23. The molecule has 1 aliphatic carbocycles. The molecule has 0 aromatic carbocycles. The summed E-state index contributed by atoms with van der Waals surface area (Å²) in [5.74, 6) is -0.623. The Balaban J connectivity index is 1.64. The van der Waals surface area contributed by atoms with Crippen LogP contribution in [-0.2, 0) is 11.2 Å². The number of nitrogens with zero attached hydrogens (tertiary/aromatic N) is 4. The maximum absolute atomic E-state index is 11.3. The van der Waals surface area contributed by atoms with Crippen LogP contribution in [0.3, 0.4) is 0 Å². The number of rotatable bonds is 5. The summed E-state index contributed by atoms with van der Waals surface area (Å²) < 4.78 is 0. The number of H-pyrrole nitrogens is 1. The molecule has 0 amide bonds. The molecule has 4 rings (SSSR count). The summed E-state index contributed by atoms with van der Waals surface area (Å²) in [5.41, 5.74) is 3.71. The van der Waals surface area contributed by atoms with Crippen molar-refractivity contribution in [2.45, 2.75) is 45.1 Å². The number of aromatic nitrogens is 4. The highest BCUT2D eigenvalue weighted by atomic mass is 16.4. The van der Waals surface area contributed by atoms with E-state index in [4.69, 9.17) is 4.98 Å². The van der Waals surface area contributed by atoms with Crippen LogP contribution in [0.1, 0.15) is 38.2 Å². The number of carboxylic acid groups (broad SMARTS) is 1. The number of aliphatic carboxylic acids is 1. The van der Waals surface area contributed by atoms with Crippen molar-refractivity contribution in [3.63, 3.8) is 0 Å². The van der Waals surface area contributed by atoms with Gasteiger partial charge in [0.15, 0.2) is 0 Å². The van der Waals surface area contributed by atoms with Crippen molar-refractivity contribution in [1.29, 1.82) is 0 Å². The number of nitrogens with one attached hydrogen (secondary N) is 1. The minimum atomic E-state index is -0.732. The second-order valence-electron chi connectivity index (χ2n) is 6.98. The molecule has 3 aromatic rings. The first kappa shape index (κ1) is 17.5. The molecular weight excluding hydrogens is 342 g/mol. The van der Waals surface area contributed by atoms with Crippen LogP contribution in [0.5, 0.6) is 0 Å². The van der Waals surface area contributed by atoms with Gasteiger partial charge in [0.05, 0.1) is 5.92 Å². The Hall–Kier alpha value is -2.96. The predicted molar refractivity (Wildman–Crippen MR) is 103 cm³/mol. The van der Waals surface area contributed by atoms with E-state index in [1.165, 1.54) is 0 Å². The molecule has 2 N–H and O–H groups in total. The highest BCUT2D eigenvalue weighted by Crippen LogP contribution is 2.35. The molecule has 0 radical (unpaired) electrons. The Kier molecular flexibility index (Phi) is 4.75. The Labute approximate surface area is 157 Å². The lowest BCUT2D eigenvalue weighted by Crippen LogP contribution is -2.25. The fourth-order valence-electron chi connectivity index (χ4n) is 3.77. The van der Waals surface area contributed by atoms with E-state index < -0.39 is 5.97 Å². The molecule has 2 atom stereocenters. The number of pyridine rings is 1. The Morgan fingerprint density at radius 3 is 3.07 bits per heavy atom. The fraction of sp³-hybridized carbons (Fsp3) is 0.400. The van der Waals surface area contributed by atoms with Gasteiger partial charge in [-0.2, -0.15) is 0 Å². The van der Waals surface area contributed by atoms with Crippen LogP contribution >= 0.6 is 0 Å². The number of carbonyl (C=O) groups is 1. The highest BCUT2D eigenvalue weighted by Gasteiger charge is 2.25. The van der Waals surface area contributed by atoms with Crippen molar-refractivity contribution < 1.29 is 9.90 Å². The van der Waals surface area contributed by atoms with Gasteiger partial charge < -0.3 is 25.4 Å². The smallest absolute Gasteiger partial charge is 0.306 e. The summed E-state index contributed by atoms with van der Waals surface area (Å²) in [6.07, 6.45) is 9.36. The standard InChI is InChI=1S/C20H23N5O2/c1-2-12-10-23-20(24-14-6-3-5-13(9-14)19(26)27)25-17(12)16-11-22-18-15(16)7-4-8-21-18/h4,7-8,10-11,13-14H,2-3,5-6,9H2,1H3,(H3,21,22,23,24,25,26,27)/p-1/t13-,14?/m1/s1. The maximum Gasteiger partial charge on any atom is 0.306 e. The monoisotopic (exact) mass is 364 g/mol. The number of hydrogen-bond donors (Lipinski definition) is 2. The number of hydrogen-bond acceptors (Lipinski definition) is 4. The van der Waals surface area contributed by atoms with Gasteiger partial charge in [0.25, 0.3) is 0 Å². The first-order valence-corrected chi connectivity index (χ1v) is 9.37. The average Bonchev–Trinajstić information content (AvgIpc) is 3.12. The van der Waals surface area contributed by atoms with Crippen LogP contribution in [0.15, 0.2) is 30.7 Å². The van der Waals surface area contributed by atoms with E-state index in [9.17, 15) is 9.90 Å². The van der Waals surface area contributed by atoms with Crippen LogP contribution in [0.25, 0.3) is 27.6 Å². The zero-order chi connectivity index (χ0) is 18.8. The summed E-state index contributed by atoms with van der Waals surface area (Å²) in [6, 6.07) is 3.89. The van der Waals surface area contributed by atoms with Gasteiger partial charge in [-0.1, -0.05) is 13.3 Å². The normalized spacial score (nSPS) is 19.9. The van der Waals surface area contributed by atoms with E-state index in [1.54, 1.807) is 6.20 Å². The quantitative estimate of drug-likeness (QED) is 0.704. The van der Waals surface area contributed by atoms with Crippen molar-refractivity contribution in [3.05, 3.63) is 41.6 Å². The van der Waals surface area contributed by atoms with Gasteiger partial charge in [0.1, 0.15) is 5.65 Å². The molecule has 0 bridgehead atoms. The number of aromatic amines is 1. The molecule has 1 saturated carbocycles. The SMILES string of the molecule is CCc1cnc([N-]C2CCC[C@@H](C(=O)O)C2)nc1-c1c[nH]c2ncccc12. The van der Waals surface area contributed by atoms with Crippen LogP contribution in [0, 0.1) is 5.92 Å². The van der Waals surface area contributed by atoms with Crippen molar-refractivity contribution in [1.82, 2.24) is 19.9 Å². The molecule has 3 heterocycles. The lowest BCUT2D eigenvalue weighted by Gasteiger charge is -2.31. The Morgan fingerprint density at radius 1 is 1.37 bits per heavy atom. The third-order valence-corrected chi connectivity index (χ3v) is 5.23. The Morgan fingerprint density at radius 2 is 2.26 bits per heavy atom. The number of aryl methyl sites for hydroxylation is 1. The fourth-order valence-corrected chi connectivity index (χ4v) is 3.77. The van der Waals surface area contributed by atoms with Gasteiger partial charge in [-0.15, -0.1) is 0 Å². The van der Waals surface area contributed by atoms with Gasteiger partial charge in [0.2, 0.25) is 0 Å². The molecule has 7 heteroatoms. The molecule has 1 fully saturated rings. The van der Waals surface area contributed by atoms with E-state index in [1.807, 2.05) is 24.5 Å². The lowest BCUT2D eigenvalue weighted by molar-refractivity contribution is -0.142. The van der Waals surface area contributed by atoms with Crippen molar-refractivity contribution >= 4 is 23.0 Å². The molecule has 140 valence electrons. The summed E-state index contributed by atoms with van der Waals surface area (Å²) in [6.45, 7) is 2.07. The first-order valence-electron chi connectivity index (χ1n) is 9.37. The van der Waals surface area contributed by atoms with E-state index in [0.717, 1.165) is 53.5 Å². The minimum absolute atomic E-state index is 0.0372. The first-order chi connectivity index (χ1) is 13.2. The second kappa shape index (κ2) is 7.34. The molecule has 3 aromatic heterocycles. The van der Waals surface area contributed by atoms with E-state index in [0.29, 0.717) is 12.4 Å². The summed E-state index contributed by atoms with van der Waals surface area (Å²) in [4.78, 5) is 28.0. The van der Waals surface area contributed by atoms with Crippen molar-refractivity contribution in [2.24, 2.45) is 5.92 Å². The molecule has 1 aliphatic rings. The molecule has 0 saturated heterocycles. The third kappa shape index (κ3) is 3.49. The molecule has 7 nitrogen and oxygen atoms in total.